The molecule has 1 aromatic heterocycles. The van der Waals surface area contributed by atoms with Crippen molar-refractivity contribution in [2.45, 2.75) is 51.8 Å². The van der Waals surface area contributed by atoms with Crippen molar-refractivity contribution < 1.29 is 22.8 Å². The van der Waals surface area contributed by atoms with Gasteiger partial charge in [0.15, 0.2) is 0 Å². The van der Waals surface area contributed by atoms with Crippen molar-refractivity contribution in [1.29, 1.82) is 0 Å². The van der Waals surface area contributed by atoms with E-state index in [-0.39, 0.29) is 38.3 Å². The largest absolute Gasteiger partial charge is 0.350 e. The summed E-state index contributed by atoms with van der Waals surface area (Å²) in [6, 6.07) is 22.5. The maximum absolute atomic E-state index is 14.5. The molecule has 0 bridgehead atoms. The van der Waals surface area contributed by atoms with Crippen LogP contribution in [0.5, 0.6) is 0 Å². The summed E-state index contributed by atoms with van der Waals surface area (Å²) in [7, 11) is -3.61. The SMILES string of the molecule is CCOP(=O)(OCC)C1CC(Cn2c(=O)n(Cc3ccccc3F)c(=O)c3ccccc32)ON1Cc1ccccc1. The molecule has 1 saturated heterocycles. The average Bonchev–Trinajstić information content (AvgIpc) is 3.38. The summed E-state index contributed by atoms with van der Waals surface area (Å²) in [5.74, 6) is -1.21. The molecule has 3 aromatic carbocycles. The predicted octanol–water partition coefficient (Wildman–Crippen LogP) is 5.15. The van der Waals surface area contributed by atoms with Crippen molar-refractivity contribution in [3.05, 3.63) is 117 Å². The summed E-state index contributed by atoms with van der Waals surface area (Å²) in [5.41, 5.74) is 0.522. The van der Waals surface area contributed by atoms with Crippen molar-refractivity contribution in [3.63, 3.8) is 0 Å². The van der Waals surface area contributed by atoms with Crippen molar-refractivity contribution in [1.82, 2.24) is 14.2 Å². The van der Waals surface area contributed by atoms with Crippen LogP contribution in [0.15, 0.2) is 88.5 Å². The van der Waals surface area contributed by atoms with Crippen molar-refractivity contribution in [2.75, 3.05) is 13.2 Å². The molecule has 2 unspecified atom stereocenters. The molecule has 5 rings (SSSR count). The lowest BCUT2D eigenvalue weighted by molar-refractivity contribution is -0.164. The molecule has 0 spiro atoms. The van der Waals surface area contributed by atoms with E-state index in [2.05, 4.69) is 0 Å². The van der Waals surface area contributed by atoms with E-state index in [4.69, 9.17) is 13.9 Å². The Morgan fingerprint density at radius 1 is 0.878 bits per heavy atom. The smallest absolute Gasteiger partial charge is 0.308 e. The van der Waals surface area contributed by atoms with E-state index < -0.39 is 36.5 Å². The fourth-order valence-electron chi connectivity index (χ4n) is 5.21. The third-order valence-electron chi connectivity index (χ3n) is 7.06. The van der Waals surface area contributed by atoms with Crippen LogP contribution in [0.3, 0.4) is 0 Å². The van der Waals surface area contributed by atoms with Crippen LogP contribution in [-0.4, -0.2) is 39.3 Å². The molecule has 0 N–H and O–H groups in total. The van der Waals surface area contributed by atoms with Gasteiger partial charge in [-0.15, -0.1) is 0 Å². The molecule has 9 nitrogen and oxygen atoms in total. The second-order valence-corrected chi connectivity index (χ2v) is 12.0. The number of fused-ring (bicyclic) bond motifs is 1. The van der Waals surface area contributed by atoms with Crippen LogP contribution in [-0.2, 0) is 38.1 Å². The number of aromatic nitrogens is 2. The highest BCUT2D eigenvalue weighted by atomic mass is 31.2. The summed E-state index contributed by atoms with van der Waals surface area (Å²) in [6.45, 7) is 4.08. The standard InChI is InChI=1S/C30H33FN3O6P/c1-3-38-41(37,39-4-2)28-18-24(40-34(28)19-22-12-6-5-7-13-22)21-32-27-17-11-9-15-25(27)29(35)33(30(32)36)20-23-14-8-10-16-26(23)31/h5-17,24,28H,3-4,18-21H2,1-2H3. The first-order chi connectivity index (χ1) is 19.8. The Hall–Kier alpha value is -3.40. The number of rotatable bonds is 11. The third kappa shape index (κ3) is 6.12. The van der Waals surface area contributed by atoms with Crippen molar-refractivity contribution in [2.24, 2.45) is 0 Å². The number of nitrogens with zero attached hydrogens (tertiary/aromatic N) is 3. The molecule has 41 heavy (non-hydrogen) atoms. The Morgan fingerprint density at radius 3 is 2.24 bits per heavy atom. The Labute approximate surface area is 237 Å². The predicted molar refractivity (Wildman–Crippen MR) is 154 cm³/mol. The summed E-state index contributed by atoms with van der Waals surface area (Å²) in [5, 5.41) is 1.95. The van der Waals surface area contributed by atoms with E-state index in [1.807, 2.05) is 30.3 Å². The topological polar surface area (TPSA) is 92.0 Å². The number of para-hydroxylation sites is 1. The first kappa shape index (κ1) is 29.1. The molecule has 216 valence electrons. The van der Waals surface area contributed by atoms with Crippen LogP contribution in [0.25, 0.3) is 10.9 Å². The second kappa shape index (κ2) is 12.6. The van der Waals surface area contributed by atoms with Crippen LogP contribution >= 0.6 is 7.60 Å². The van der Waals surface area contributed by atoms with E-state index >= 15 is 0 Å². The third-order valence-corrected chi connectivity index (χ3v) is 9.49. The van der Waals surface area contributed by atoms with Gasteiger partial charge in [-0.25, -0.2) is 9.18 Å². The molecular formula is C30H33FN3O6P. The van der Waals surface area contributed by atoms with Gasteiger partial charge in [0.2, 0.25) is 0 Å². The molecule has 11 heteroatoms. The monoisotopic (exact) mass is 581 g/mol. The number of benzene rings is 3. The highest BCUT2D eigenvalue weighted by Gasteiger charge is 2.47. The van der Waals surface area contributed by atoms with E-state index in [0.29, 0.717) is 17.4 Å². The molecule has 2 heterocycles. The van der Waals surface area contributed by atoms with Crippen molar-refractivity contribution in [3.8, 4) is 0 Å². The Balaban J connectivity index is 1.53. The molecule has 1 aliphatic heterocycles. The lowest BCUT2D eigenvalue weighted by atomic mass is 10.2. The van der Waals surface area contributed by atoms with Crippen LogP contribution in [0.2, 0.25) is 0 Å². The molecule has 0 saturated carbocycles. The number of halogens is 1. The number of hydrogen-bond donors (Lipinski definition) is 0. The quantitative estimate of drug-likeness (QED) is 0.226. The lowest BCUT2D eigenvalue weighted by Gasteiger charge is -2.28. The van der Waals surface area contributed by atoms with Gasteiger partial charge in [-0.1, -0.05) is 60.7 Å². The highest BCUT2D eigenvalue weighted by Crippen LogP contribution is 2.58. The lowest BCUT2D eigenvalue weighted by Crippen LogP contribution is -2.42. The maximum atomic E-state index is 14.5. The van der Waals surface area contributed by atoms with Gasteiger partial charge in [-0.2, -0.15) is 5.06 Å². The van der Waals surface area contributed by atoms with Gasteiger partial charge in [0.25, 0.3) is 5.56 Å². The number of hydroxylamine groups is 2. The number of hydrogen-bond acceptors (Lipinski definition) is 7. The van der Waals surface area contributed by atoms with E-state index in [0.717, 1.165) is 10.1 Å². The first-order valence-corrected chi connectivity index (χ1v) is 15.3. The normalized spacial score (nSPS) is 17.8. The second-order valence-electron chi connectivity index (χ2n) is 9.77. The zero-order valence-corrected chi connectivity index (χ0v) is 23.9. The average molecular weight is 582 g/mol. The molecule has 0 amide bonds. The molecule has 0 aliphatic carbocycles. The summed E-state index contributed by atoms with van der Waals surface area (Å²) < 4.78 is 42.3. The van der Waals surface area contributed by atoms with Gasteiger partial charge in [0.05, 0.1) is 49.9 Å². The molecule has 1 aliphatic rings. The Kier molecular flexibility index (Phi) is 8.97. The fraction of sp³-hybridized carbons (Fsp3) is 0.333. The molecular weight excluding hydrogens is 548 g/mol. The molecule has 1 fully saturated rings. The Morgan fingerprint density at radius 2 is 1.54 bits per heavy atom. The maximum Gasteiger partial charge on any atom is 0.350 e. The minimum atomic E-state index is -3.61. The van der Waals surface area contributed by atoms with Crippen LogP contribution in [0, 0.1) is 5.82 Å². The van der Waals surface area contributed by atoms with Gasteiger partial charge >= 0.3 is 13.3 Å². The molecule has 2 atom stereocenters. The van der Waals surface area contributed by atoms with Crippen LogP contribution < -0.4 is 11.2 Å². The van der Waals surface area contributed by atoms with E-state index in [9.17, 15) is 18.5 Å². The van der Waals surface area contributed by atoms with Crippen molar-refractivity contribution >= 4 is 18.5 Å². The summed E-state index contributed by atoms with van der Waals surface area (Å²) >= 11 is 0. The van der Waals surface area contributed by atoms with Gasteiger partial charge in [-0.3, -0.25) is 23.3 Å². The fourth-order valence-corrected chi connectivity index (χ4v) is 7.30. The highest BCUT2D eigenvalue weighted by molar-refractivity contribution is 7.54. The zero-order valence-electron chi connectivity index (χ0n) is 23.0. The molecule has 4 aromatic rings. The van der Waals surface area contributed by atoms with Gasteiger partial charge in [0, 0.05) is 12.0 Å². The van der Waals surface area contributed by atoms with Crippen LogP contribution in [0.1, 0.15) is 31.4 Å². The summed E-state index contributed by atoms with van der Waals surface area (Å²) in [4.78, 5) is 33.5. The van der Waals surface area contributed by atoms with Gasteiger partial charge < -0.3 is 9.05 Å². The van der Waals surface area contributed by atoms with Gasteiger partial charge in [-0.05, 0) is 37.6 Å². The van der Waals surface area contributed by atoms with E-state index in [1.165, 1.54) is 10.6 Å². The van der Waals surface area contributed by atoms with Crippen LogP contribution in [0.4, 0.5) is 4.39 Å². The minimum Gasteiger partial charge on any atom is -0.308 e. The molecule has 0 radical (unpaired) electrons. The van der Waals surface area contributed by atoms with Gasteiger partial charge in [0.1, 0.15) is 11.6 Å². The summed E-state index contributed by atoms with van der Waals surface area (Å²) in [6.07, 6.45) is -0.324. The van der Waals surface area contributed by atoms with E-state index in [1.54, 1.807) is 61.4 Å². The first-order valence-electron chi connectivity index (χ1n) is 13.7. The Bertz CT molecular complexity index is 1660. The minimum absolute atomic E-state index is 0.0664. The zero-order chi connectivity index (χ0) is 29.0.